The van der Waals surface area contributed by atoms with E-state index in [1.165, 1.54) is 22.1 Å². The van der Waals surface area contributed by atoms with E-state index in [1.54, 1.807) is 6.20 Å². The number of hydrogen-bond acceptors (Lipinski definition) is 7. The summed E-state index contributed by atoms with van der Waals surface area (Å²) in [5, 5.41) is 12.6. The quantitative estimate of drug-likeness (QED) is 0.813. The van der Waals surface area contributed by atoms with E-state index in [4.69, 9.17) is 5.73 Å². The molecule has 0 fully saturated rings. The predicted molar refractivity (Wildman–Crippen MR) is 66.2 cm³/mol. The van der Waals surface area contributed by atoms with Crippen LogP contribution in [0.5, 0.6) is 0 Å². The van der Waals surface area contributed by atoms with Crippen LogP contribution in [0.4, 0.5) is 10.8 Å². The lowest BCUT2D eigenvalue weighted by atomic mass is 10.4. The Hall–Kier alpha value is -1.96. The van der Waals surface area contributed by atoms with Gasteiger partial charge in [0.2, 0.25) is 5.13 Å². The summed E-state index contributed by atoms with van der Waals surface area (Å²) in [6.07, 6.45) is 1.63. The summed E-state index contributed by atoms with van der Waals surface area (Å²) in [6, 6.07) is 1.53. The van der Waals surface area contributed by atoms with Gasteiger partial charge in [-0.05, 0) is 0 Å². The van der Waals surface area contributed by atoms with Crippen LogP contribution in [0, 0.1) is 0 Å². The molecule has 0 amide bonds. The lowest BCUT2D eigenvalue weighted by Crippen LogP contribution is -2.24. The zero-order valence-electron chi connectivity index (χ0n) is 9.49. The van der Waals surface area contributed by atoms with Gasteiger partial charge >= 0.3 is 0 Å². The lowest BCUT2D eigenvalue weighted by molar-refractivity contribution is 0.631. The fourth-order valence-electron chi connectivity index (χ4n) is 1.25. The normalized spacial score (nSPS) is 10.5. The Labute approximate surface area is 102 Å². The molecule has 0 saturated carbocycles. The van der Waals surface area contributed by atoms with Gasteiger partial charge in [0, 0.05) is 20.2 Å². The Kier molecular flexibility index (Phi) is 3.05. The third-order valence-electron chi connectivity index (χ3n) is 2.14. The summed E-state index contributed by atoms with van der Waals surface area (Å²) in [4.78, 5) is 13.6. The van der Waals surface area contributed by atoms with Gasteiger partial charge in [-0.25, -0.2) is 4.68 Å². The van der Waals surface area contributed by atoms with Crippen molar-refractivity contribution < 1.29 is 0 Å². The van der Waals surface area contributed by atoms with Gasteiger partial charge in [0.15, 0.2) is 0 Å². The molecule has 0 aliphatic heterocycles. The van der Waals surface area contributed by atoms with Crippen molar-refractivity contribution in [1.29, 1.82) is 0 Å². The smallest absolute Gasteiger partial charge is 0.269 e. The van der Waals surface area contributed by atoms with Crippen molar-refractivity contribution in [3.8, 4) is 0 Å². The molecule has 0 saturated heterocycles. The van der Waals surface area contributed by atoms with E-state index in [9.17, 15) is 4.79 Å². The third-order valence-corrected chi connectivity index (χ3v) is 2.88. The van der Waals surface area contributed by atoms with Gasteiger partial charge in [-0.1, -0.05) is 11.3 Å². The highest BCUT2D eigenvalue weighted by Gasteiger charge is 2.06. The minimum atomic E-state index is -0.176. The van der Waals surface area contributed by atoms with Crippen molar-refractivity contribution in [2.75, 3.05) is 24.7 Å². The van der Waals surface area contributed by atoms with Gasteiger partial charge in [0.1, 0.15) is 5.01 Å². The van der Waals surface area contributed by atoms with E-state index in [2.05, 4.69) is 15.3 Å². The predicted octanol–water partition coefficient (Wildman–Crippen LogP) is -0.209. The summed E-state index contributed by atoms with van der Waals surface area (Å²) in [5.41, 5.74) is 6.06. The lowest BCUT2D eigenvalue weighted by Gasteiger charge is -2.11. The molecule has 0 aliphatic carbocycles. The van der Waals surface area contributed by atoms with Crippen LogP contribution in [0.2, 0.25) is 0 Å². The number of nitrogens with zero attached hydrogens (tertiary/aromatic N) is 5. The van der Waals surface area contributed by atoms with E-state index < -0.39 is 0 Å². The van der Waals surface area contributed by atoms with Gasteiger partial charge < -0.3 is 10.6 Å². The van der Waals surface area contributed by atoms with Crippen LogP contribution in [0.3, 0.4) is 0 Å². The van der Waals surface area contributed by atoms with Crippen LogP contribution in [-0.2, 0) is 6.54 Å². The Morgan fingerprint density at radius 1 is 1.47 bits per heavy atom. The molecule has 2 N–H and O–H groups in total. The van der Waals surface area contributed by atoms with Gasteiger partial charge in [-0.15, -0.1) is 10.2 Å². The minimum absolute atomic E-state index is 0.176. The molecule has 2 aromatic heterocycles. The van der Waals surface area contributed by atoms with Crippen molar-refractivity contribution in [3.05, 3.63) is 27.6 Å². The molecule has 0 radical (unpaired) electrons. The first-order valence-electron chi connectivity index (χ1n) is 4.88. The molecule has 2 heterocycles. The molecule has 0 aromatic carbocycles. The van der Waals surface area contributed by atoms with Gasteiger partial charge in [0.05, 0.1) is 18.4 Å². The molecule has 0 atom stereocenters. The van der Waals surface area contributed by atoms with E-state index in [0.29, 0.717) is 16.7 Å². The number of anilines is 2. The van der Waals surface area contributed by atoms with Crippen molar-refractivity contribution in [2.45, 2.75) is 6.54 Å². The largest absolute Gasteiger partial charge is 0.376 e. The second-order valence-electron chi connectivity index (χ2n) is 3.64. The molecule has 90 valence electrons. The van der Waals surface area contributed by atoms with Crippen LogP contribution >= 0.6 is 11.3 Å². The van der Waals surface area contributed by atoms with Crippen molar-refractivity contribution in [2.24, 2.45) is 0 Å². The van der Waals surface area contributed by atoms with E-state index in [-0.39, 0.29) is 5.56 Å². The molecule has 2 rings (SSSR count). The summed E-state index contributed by atoms with van der Waals surface area (Å²) >= 11 is 1.25. The fourth-order valence-corrected chi connectivity index (χ4v) is 1.84. The molecule has 0 aliphatic rings. The zero-order chi connectivity index (χ0) is 12.4. The van der Waals surface area contributed by atoms with Gasteiger partial charge in [0.25, 0.3) is 5.56 Å². The monoisotopic (exact) mass is 252 g/mol. The molecule has 17 heavy (non-hydrogen) atoms. The van der Waals surface area contributed by atoms with Crippen molar-refractivity contribution in [3.63, 3.8) is 0 Å². The number of rotatable bonds is 3. The Morgan fingerprint density at radius 2 is 2.24 bits per heavy atom. The van der Waals surface area contributed by atoms with Crippen LogP contribution in [0.15, 0.2) is 17.1 Å². The topological polar surface area (TPSA) is 89.9 Å². The highest BCUT2D eigenvalue weighted by molar-refractivity contribution is 7.15. The maximum atomic E-state index is 11.8. The summed E-state index contributed by atoms with van der Waals surface area (Å²) < 4.78 is 1.33. The molecule has 2 aromatic rings. The molecule has 0 unspecified atom stereocenters. The maximum absolute atomic E-state index is 11.8. The molecule has 0 spiro atoms. The first-order chi connectivity index (χ1) is 8.06. The van der Waals surface area contributed by atoms with Gasteiger partial charge in [-0.2, -0.15) is 5.10 Å². The molecule has 8 heteroatoms. The van der Waals surface area contributed by atoms with E-state index in [0.717, 1.165) is 5.69 Å². The number of nitrogen functional groups attached to an aromatic ring is 1. The van der Waals surface area contributed by atoms with Crippen LogP contribution < -0.4 is 16.2 Å². The molecular formula is C9H12N6OS. The highest BCUT2D eigenvalue weighted by atomic mass is 32.1. The second kappa shape index (κ2) is 4.50. The molecule has 0 bridgehead atoms. The van der Waals surface area contributed by atoms with Gasteiger partial charge in [-0.3, -0.25) is 4.79 Å². The van der Waals surface area contributed by atoms with Crippen molar-refractivity contribution in [1.82, 2.24) is 20.0 Å². The number of nitrogens with two attached hydrogens (primary N) is 1. The Bertz CT molecular complexity index is 575. The number of aromatic nitrogens is 4. The fraction of sp³-hybridized carbons (Fsp3) is 0.333. The first kappa shape index (κ1) is 11.5. The highest BCUT2D eigenvalue weighted by Crippen LogP contribution is 2.11. The maximum Gasteiger partial charge on any atom is 0.269 e. The summed E-state index contributed by atoms with van der Waals surface area (Å²) in [7, 11) is 3.71. The molecule has 7 nitrogen and oxygen atoms in total. The minimum Gasteiger partial charge on any atom is -0.376 e. The Morgan fingerprint density at radius 3 is 2.76 bits per heavy atom. The summed E-state index contributed by atoms with van der Waals surface area (Å²) in [6.45, 7) is 0.293. The second-order valence-corrected chi connectivity index (χ2v) is 4.73. The third kappa shape index (κ3) is 2.59. The van der Waals surface area contributed by atoms with E-state index in [1.807, 2.05) is 19.0 Å². The first-order valence-corrected chi connectivity index (χ1v) is 5.70. The average molecular weight is 252 g/mol. The van der Waals surface area contributed by atoms with E-state index >= 15 is 0 Å². The van der Waals surface area contributed by atoms with Crippen LogP contribution in [0.25, 0.3) is 0 Å². The SMILES string of the molecule is CN(C)c1cnn(Cc2nnc(N)s2)c(=O)c1. The van der Waals surface area contributed by atoms with Crippen molar-refractivity contribution >= 4 is 22.2 Å². The Balaban J connectivity index is 2.25. The number of hydrogen-bond donors (Lipinski definition) is 1. The average Bonchev–Trinajstić information content (AvgIpc) is 2.67. The standard InChI is InChI=1S/C9H12N6OS/c1-14(2)6-3-8(16)15(11-4-6)5-7-12-13-9(10)17-7/h3-4H,5H2,1-2H3,(H2,10,13). The van der Waals surface area contributed by atoms with Crippen LogP contribution in [0.1, 0.15) is 5.01 Å². The molecular weight excluding hydrogens is 240 g/mol. The summed E-state index contributed by atoms with van der Waals surface area (Å²) in [5.74, 6) is 0. The zero-order valence-corrected chi connectivity index (χ0v) is 10.3. The van der Waals surface area contributed by atoms with Crippen LogP contribution in [-0.4, -0.2) is 34.1 Å².